The lowest BCUT2D eigenvalue weighted by Gasteiger charge is -2.26. The molecule has 2 aromatic carbocycles. The third-order valence-corrected chi connectivity index (χ3v) is 7.46. The number of rotatable bonds is 6. The number of sulfonamides is 1. The number of hydrogen-bond donors (Lipinski definition) is 1. The number of aromatic amines is 1. The Balaban J connectivity index is 1.56. The summed E-state index contributed by atoms with van der Waals surface area (Å²) in [4.78, 5) is 28.2. The van der Waals surface area contributed by atoms with Gasteiger partial charge in [-0.2, -0.15) is 4.31 Å². The van der Waals surface area contributed by atoms with Crippen molar-refractivity contribution in [2.75, 3.05) is 26.3 Å². The number of H-pyrrole nitrogens is 1. The fourth-order valence-electron chi connectivity index (χ4n) is 3.83. The van der Waals surface area contributed by atoms with Crippen molar-refractivity contribution in [2.24, 2.45) is 0 Å². The summed E-state index contributed by atoms with van der Waals surface area (Å²) < 4.78 is 51.7. The number of aryl methyl sites for hydroxylation is 1. The Hall–Kier alpha value is -3.08. The quantitative estimate of drug-likeness (QED) is 0.435. The molecular weight excluding hydrogens is 451 g/mol. The third-order valence-electron chi connectivity index (χ3n) is 5.55. The molecule has 1 atom stereocenters. The molecule has 1 aliphatic heterocycles. The summed E-state index contributed by atoms with van der Waals surface area (Å²) >= 11 is 0. The normalized spacial score (nSPS) is 16.0. The monoisotopic (exact) mass is 474 g/mol. The van der Waals surface area contributed by atoms with Crippen LogP contribution in [0.4, 0.5) is 4.39 Å². The molecule has 1 saturated heterocycles. The number of benzene rings is 2. The minimum atomic E-state index is -4.16. The highest BCUT2D eigenvalue weighted by atomic mass is 32.2. The van der Waals surface area contributed by atoms with E-state index in [1.54, 1.807) is 19.1 Å². The Bertz CT molecular complexity index is 1330. The van der Waals surface area contributed by atoms with Crippen LogP contribution in [0.25, 0.3) is 10.9 Å². The standard InChI is InChI=1S/C23H23FN2O6S/c1-14-21(17-5-3-4-6-19(17)25-14)22(27)15(2)32-23(28)16-7-8-18(24)20(13-16)33(29,30)26-9-11-31-12-10-26/h3-8,13,15,25H,9-12H2,1-2H3. The Kier molecular flexibility index (Phi) is 6.33. The Labute approximate surface area is 190 Å². The van der Waals surface area contributed by atoms with Crippen LogP contribution in [-0.4, -0.2) is 61.9 Å². The van der Waals surface area contributed by atoms with Gasteiger partial charge in [-0.05, 0) is 38.1 Å². The van der Waals surface area contributed by atoms with E-state index in [0.29, 0.717) is 16.6 Å². The van der Waals surface area contributed by atoms with E-state index in [9.17, 15) is 22.4 Å². The van der Waals surface area contributed by atoms with Gasteiger partial charge in [0.15, 0.2) is 6.10 Å². The zero-order valence-electron chi connectivity index (χ0n) is 18.1. The average molecular weight is 475 g/mol. The summed E-state index contributed by atoms with van der Waals surface area (Å²) in [6.07, 6.45) is -1.14. The summed E-state index contributed by atoms with van der Waals surface area (Å²) in [5.41, 5.74) is 1.68. The van der Waals surface area contributed by atoms with E-state index in [2.05, 4.69) is 4.98 Å². The fourth-order valence-corrected chi connectivity index (χ4v) is 5.33. The molecule has 0 amide bonds. The first-order valence-corrected chi connectivity index (χ1v) is 11.8. The molecule has 1 unspecified atom stereocenters. The molecule has 0 radical (unpaired) electrons. The summed E-state index contributed by atoms with van der Waals surface area (Å²) in [6.45, 7) is 3.78. The van der Waals surface area contributed by atoms with Crippen LogP contribution in [0.2, 0.25) is 0 Å². The van der Waals surface area contributed by atoms with Crippen LogP contribution >= 0.6 is 0 Å². The molecule has 33 heavy (non-hydrogen) atoms. The zero-order chi connectivity index (χ0) is 23.8. The molecule has 10 heteroatoms. The van der Waals surface area contributed by atoms with Gasteiger partial charge in [0.1, 0.15) is 10.7 Å². The minimum absolute atomic E-state index is 0.0892. The number of fused-ring (bicyclic) bond motifs is 1. The second kappa shape index (κ2) is 9.05. The van der Waals surface area contributed by atoms with Crippen LogP contribution in [0.3, 0.4) is 0 Å². The predicted octanol–water partition coefficient (Wildman–Crippen LogP) is 3.06. The number of aromatic nitrogens is 1. The van der Waals surface area contributed by atoms with Crippen molar-refractivity contribution < 1.29 is 31.9 Å². The fraction of sp³-hybridized carbons (Fsp3) is 0.304. The highest BCUT2D eigenvalue weighted by Gasteiger charge is 2.31. The van der Waals surface area contributed by atoms with E-state index in [-0.39, 0.29) is 31.9 Å². The van der Waals surface area contributed by atoms with Crippen molar-refractivity contribution in [2.45, 2.75) is 24.8 Å². The number of nitrogens with zero attached hydrogens (tertiary/aromatic N) is 1. The van der Waals surface area contributed by atoms with Crippen LogP contribution in [0.5, 0.6) is 0 Å². The number of esters is 1. The number of para-hydroxylation sites is 1. The number of ether oxygens (including phenoxy) is 2. The van der Waals surface area contributed by atoms with Gasteiger partial charge in [0.05, 0.1) is 18.8 Å². The third kappa shape index (κ3) is 4.41. The highest BCUT2D eigenvalue weighted by molar-refractivity contribution is 7.89. The maximum atomic E-state index is 14.4. The topological polar surface area (TPSA) is 106 Å². The molecule has 1 aliphatic rings. The molecule has 4 rings (SSSR count). The summed E-state index contributed by atoms with van der Waals surface area (Å²) in [5, 5.41) is 0.712. The molecular formula is C23H23FN2O6S. The van der Waals surface area contributed by atoms with Gasteiger partial charge in [0, 0.05) is 35.2 Å². The van der Waals surface area contributed by atoms with Gasteiger partial charge in [0.25, 0.3) is 0 Å². The second-order valence-corrected chi connectivity index (χ2v) is 9.65. The molecule has 8 nitrogen and oxygen atoms in total. The van der Waals surface area contributed by atoms with Gasteiger partial charge in [-0.1, -0.05) is 18.2 Å². The predicted molar refractivity (Wildman–Crippen MR) is 118 cm³/mol. The smallest absolute Gasteiger partial charge is 0.338 e. The first-order chi connectivity index (χ1) is 15.7. The van der Waals surface area contributed by atoms with Crippen molar-refractivity contribution in [3.05, 3.63) is 65.1 Å². The van der Waals surface area contributed by atoms with Crippen LogP contribution in [0.1, 0.15) is 33.3 Å². The number of ketones is 1. The molecule has 0 bridgehead atoms. The van der Waals surface area contributed by atoms with Crippen molar-refractivity contribution in [3.8, 4) is 0 Å². The summed E-state index contributed by atoms with van der Waals surface area (Å²) in [5.74, 6) is -2.30. The van der Waals surface area contributed by atoms with Gasteiger partial charge in [0.2, 0.25) is 15.8 Å². The molecule has 1 fully saturated rings. The van der Waals surface area contributed by atoms with Crippen molar-refractivity contribution >= 4 is 32.7 Å². The highest BCUT2D eigenvalue weighted by Crippen LogP contribution is 2.25. The number of carbonyl (C=O) groups excluding carboxylic acids is 2. The Morgan fingerprint density at radius 3 is 2.58 bits per heavy atom. The molecule has 0 saturated carbocycles. The zero-order valence-corrected chi connectivity index (χ0v) is 18.9. The van der Waals surface area contributed by atoms with Gasteiger partial charge >= 0.3 is 5.97 Å². The van der Waals surface area contributed by atoms with E-state index in [0.717, 1.165) is 28.0 Å². The summed E-state index contributed by atoms with van der Waals surface area (Å²) in [7, 11) is -4.16. The molecule has 0 aliphatic carbocycles. The van der Waals surface area contributed by atoms with E-state index in [1.165, 1.54) is 6.92 Å². The van der Waals surface area contributed by atoms with E-state index >= 15 is 0 Å². The lowest BCUT2D eigenvalue weighted by atomic mass is 10.0. The Morgan fingerprint density at radius 1 is 1.15 bits per heavy atom. The molecule has 1 N–H and O–H groups in total. The van der Waals surface area contributed by atoms with Gasteiger partial charge in [-0.3, -0.25) is 4.79 Å². The molecule has 2 heterocycles. The first kappa shape index (κ1) is 23.1. The minimum Gasteiger partial charge on any atom is -0.451 e. The number of halogens is 1. The lowest BCUT2D eigenvalue weighted by molar-refractivity contribution is 0.0318. The van der Waals surface area contributed by atoms with Gasteiger partial charge in [-0.15, -0.1) is 0 Å². The summed E-state index contributed by atoms with van der Waals surface area (Å²) in [6, 6.07) is 10.3. The second-order valence-electron chi connectivity index (χ2n) is 7.74. The lowest BCUT2D eigenvalue weighted by Crippen LogP contribution is -2.41. The molecule has 3 aromatic rings. The van der Waals surface area contributed by atoms with Crippen molar-refractivity contribution in [1.82, 2.24) is 9.29 Å². The number of Topliss-reactive ketones (excluding diaryl/α,β-unsaturated/α-hetero) is 1. The van der Waals surface area contributed by atoms with Crippen molar-refractivity contribution in [3.63, 3.8) is 0 Å². The van der Waals surface area contributed by atoms with Crippen molar-refractivity contribution in [1.29, 1.82) is 0 Å². The maximum Gasteiger partial charge on any atom is 0.338 e. The van der Waals surface area contributed by atoms with Gasteiger partial charge < -0.3 is 14.5 Å². The number of hydrogen-bond acceptors (Lipinski definition) is 6. The first-order valence-electron chi connectivity index (χ1n) is 10.4. The average Bonchev–Trinajstić information content (AvgIpc) is 3.14. The van der Waals surface area contributed by atoms with Crippen LogP contribution in [-0.2, 0) is 19.5 Å². The van der Waals surface area contributed by atoms with E-state index in [4.69, 9.17) is 9.47 Å². The van der Waals surface area contributed by atoms with Crippen LogP contribution < -0.4 is 0 Å². The number of carbonyl (C=O) groups is 2. The Morgan fingerprint density at radius 2 is 1.85 bits per heavy atom. The largest absolute Gasteiger partial charge is 0.451 e. The van der Waals surface area contributed by atoms with E-state index in [1.807, 2.05) is 12.1 Å². The molecule has 1 aromatic heterocycles. The van der Waals surface area contributed by atoms with Crippen LogP contribution in [0.15, 0.2) is 47.4 Å². The molecule has 0 spiro atoms. The van der Waals surface area contributed by atoms with Crippen LogP contribution in [0, 0.1) is 12.7 Å². The number of morpholine rings is 1. The molecule has 174 valence electrons. The van der Waals surface area contributed by atoms with Gasteiger partial charge in [-0.25, -0.2) is 17.6 Å². The van der Waals surface area contributed by atoms with E-state index < -0.39 is 38.6 Å². The number of nitrogens with one attached hydrogen (secondary N) is 1. The SMILES string of the molecule is Cc1[nH]c2ccccc2c1C(=O)C(C)OC(=O)c1ccc(F)c(S(=O)(=O)N2CCOCC2)c1. The maximum absolute atomic E-state index is 14.4.